The summed E-state index contributed by atoms with van der Waals surface area (Å²) >= 11 is 0. The standard InChI is InChI=1S/C25H28N2O5S/c1-5-31-22-13-9-21(10-14-22)27-33(29,30)23-15-11-20(12-16-23)26-25(28)19(4)32-24-8-6-7-17(2)18(24)3/h6-16,19,27H,5H2,1-4H3,(H,26,28)/t19-/m1/s1. The van der Waals surface area contributed by atoms with Crippen LogP contribution < -0.4 is 19.5 Å². The third-order valence-corrected chi connectivity index (χ3v) is 6.47. The van der Waals surface area contributed by atoms with Gasteiger partial charge in [0.1, 0.15) is 11.5 Å². The van der Waals surface area contributed by atoms with Crippen LogP contribution in [0.25, 0.3) is 0 Å². The van der Waals surface area contributed by atoms with Gasteiger partial charge < -0.3 is 14.8 Å². The molecular formula is C25H28N2O5S. The van der Waals surface area contributed by atoms with E-state index in [2.05, 4.69) is 10.0 Å². The van der Waals surface area contributed by atoms with E-state index in [1.54, 1.807) is 31.2 Å². The van der Waals surface area contributed by atoms with Crippen molar-refractivity contribution in [3.8, 4) is 11.5 Å². The van der Waals surface area contributed by atoms with Gasteiger partial charge in [0.05, 0.1) is 11.5 Å². The second-order valence-corrected chi connectivity index (χ2v) is 9.22. The highest BCUT2D eigenvalue weighted by Gasteiger charge is 2.18. The van der Waals surface area contributed by atoms with Crippen molar-refractivity contribution < 1.29 is 22.7 Å². The first kappa shape index (κ1) is 24.1. The lowest BCUT2D eigenvalue weighted by molar-refractivity contribution is -0.122. The van der Waals surface area contributed by atoms with Gasteiger partial charge in [-0.25, -0.2) is 8.42 Å². The first-order chi connectivity index (χ1) is 15.7. The van der Waals surface area contributed by atoms with E-state index in [4.69, 9.17) is 9.47 Å². The van der Waals surface area contributed by atoms with Crippen molar-refractivity contribution in [3.63, 3.8) is 0 Å². The third kappa shape index (κ3) is 6.26. The van der Waals surface area contributed by atoms with Crippen LogP contribution in [-0.4, -0.2) is 27.0 Å². The van der Waals surface area contributed by atoms with Crippen LogP contribution in [0.1, 0.15) is 25.0 Å². The topological polar surface area (TPSA) is 93.7 Å². The van der Waals surface area contributed by atoms with Gasteiger partial charge in [0.25, 0.3) is 15.9 Å². The van der Waals surface area contributed by atoms with Crippen molar-refractivity contribution >= 4 is 27.3 Å². The summed E-state index contributed by atoms with van der Waals surface area (Å²) in [5.41, 5.74) is 2.95. The Morgan fingerprint density at radius 3 is 2.21 bits per heavy atom. The second-order valence-electron chi connectivity index (χ2n) is 7.53. The molecule has 0 saturated carbocycles. The first-order valence-corrected chi connectivity index (χ1v) is 12.1. The molecule has 7 nitrogen and oxygen atoms in total. The average Bonchev–Trinajstić information content (AvgIpc) is 2.78. The molecular weight excluding hydrogens is 440 g/mol. The summed E-state index contributed by atoms with van der Waals surface area (Å²) in [4.78, 5) is 12.6. The number of hydrogen-bond donors (Lipinski definition) is 2. The summed E-state index contributed by atoms with van der Waals surface area (Å²) in [5, 5.41) is 2.75. The zero-order valence-electron chi connectivity index (χ0n) is 19.1. The Morgan fingerprint density at radius 2 is 1.58 bits per heavy atom. The first-order valence-electron chi connectivity index (χ1n) is 10.6. The van der Waals surface area contributed by atoms with Crippen LogP contribution in [0.15, 0.2) is 71.6 Å². The fourth-order valence-corrected chi connectivity index (χ4v) is 4.12. The molecule has 33 heavy (non-hydrogen) atoms. The van der Waals surface area contributed by atoms with Crippen molar-refractivity contribution in [2.24, 2.45) is 0 Å². The number of hydrogen-bond acceptors (Lipinski definition) is 5. The fraction of sp³-hybridized carbons (Fsp3) is 0.240. The summed E-state index contributed by atoms with van der Waals surface area (Å²) in [7, 11) is -3.78. The van der Waals surface area contributed by atoms with Crippen LogP contribution in [0.4, 0.5) is 11.4 Å². The zero-order chi connectivity index (χ0) is 24.0. The van der Waals surface area contributed by atoms with Crippen LogP contribution in [0.3, 0.4) is 0 Å². The monoisotopic (exact) mass is 468 g/mol. The number of benzene rings is 3. The normalized spacial score (nSPS) is 12.0. The lowest BCUT2D eigenvalue weighted by Crippen LogP contribution is -2.30. The highest BCUT2D eigenvalue weighted by atomic mass is 32.2. The van der Waals surface area contributed by atoms with E-state index in [1.165, 1.54) is 24.3 Å². The molecule has 0 aliphatic heterocycles. The van der Waals surface area contributed by atoms with E-state index in [9.17, 15) is 13.2 Å². The number of carbonyl (C=O) groups excluding carboxylic acids is 1. The SMILES string of the molecule is CCOc1ccc(NS(=O)(=O)c2ccc(NC(=O)[C@@H](C)Oc3cccc(C)c3C)cc2)cc1. The van der Waals surface area contributed by atoms with E-state index in [-0.39, 0.29) is 10.8 Å². The van der Waals surface area contributed by atoms with E-state index in [0.29, 0.717) is 29.5 Å². The molecule has 174 valence electrons. The van der Waals surface area contributed by atoms with Gasteiger partial charge in [-0.3, -0.25) is 9.52 Å². The van der Waals surface area contributed by atoms with Gasteiger partial charge in [0.2, 0.25) is 0 Å². The minimum atomic E-state index is -3.78. The number of nitrogens with one attached hydrogen (secondary N) is 2. The molecule has 0 heterocycles. The van der Waals surface area contributed by atoms with Crippen molar-refractivity contribution in [1.29, 1.82) is 0 Å². The number of amides is 1. The Morgan fingerprint density at radius 1 is 0.939 bits per heavy atom. The van der Waals surface area contributed by atoms with E-state index in [0.717, 1.165) is 11.1 Å². The number of ether oxygens (including phenoxy) is 2. The minimum Gasteiger partial charge on any atom is -0.494 e. The molecule has 3 aromatic carbocycles. The number of aryl methyl sites for hydroxylation is 1. The summed E-state index contributed by atoms with van der Waals surface area (Å²) in [6.07, 6.45) is -0.727. The molecule has 0 bridgehead atoms. The quantitative estimate of drug-likeness (QED) is 0.465. The van der Waals surface area contributed by atoms with E-state index in [1.807, 2.05) is 39.0 Å². The molecule has 1 amide bonds. The fourth-order valence-electron chi connectivity index (χ4n) is 3.06. The second kappa shape index (κ2) is 10.4. The van der Waals surface area contributed by atoms with E-state index >= 15 is 0 Å². The maximum atomic E-state index is 12.7. The third-order valence-electron chi connectivity index (χ3n) is 5.08. The molecule has 0 saturated heterocycles. The Balaban J connectivity index is 1.62. The molecule has 3 rings (SSSR count). The number of rotatable bonds is 9. The molecule has 3 aromatic rings. The van der Waals surface area contributed by atoms with Gasteiger partial charge in [-0.05, 0) is 93.4 Å². The maximum Gasteiger partial charge on any atom is 0.265 e. The molecule has 0 unspecified atom stereocenters. The summed E-state index contributed by atoms with van der Waals surface area (Å²) in [6.45, 7) is 7.99. The molecule has 1 atom stereocenters. The number of sulfonamides is 1. The highest BCUT2D eigenvalue weighted by molar-refractivity contribution is 7.92. The zero-order valence-corrected chi connectivity index (χ0v) is 19.9. The van der Waals surface area contributed by atoms with Gasteiger partial charge in [0.15, 0.2) is 6.10 Å². The lowest BCUT2D eigenvalue weighted by atomic mass is 10.1. The Kier molecular flexibility index (Phi) is 7.60. The summed E-state index contributed by atoms with van der Waals surface area (Å²) in [6, 6.07) is 18.3. The molecule has 0 radical (unpaired) electrons. The van der Waals surface area contributed by atoms with Crippen LogP contribution in [0.5, 0.6) is 11.5 Å². The molecule has 0 aromatic heterocycles. The average molecular weight is 469 g/mol. The van der Waals surface area contributed by atoms with Crippen molar-refractivity contribution in [2.45, 2.75) is 38.7 Å². The van der Waals surface area contributed by atoms with Crippen molar-refractivity contribution in [2.75, 3.05) is 16.6 Å². The van der Waals surface area contributed by atoms with Gasteiger partial charge in [-0.2, -0.15) is 0 Å². The van der Waals surface area contributed by atoms with Gasteiger partial charge in [-0.15, -0.1) is 0 Å². The maximum absolute atomic E-state index is 12.7. The highest BCUT2D eigenvalue weighted by Crippen LogP contribution is 2.23. The summed E-state index contributed by atoms with van der Waals surface area (Å²) in [5.74, 6) is 0.981. The van der Waals surface area contributed by atoms with Crippen LogP contribution in [0.2, 0.25) is 0 Å². The minimum absolute atomic E-state index is 0.0778. The number of anilines is 2. The van der Waals surface area contributed by atoms with Crippen LogP contribution >= 0.6 is 0 Å². The van der Waals surface area contributed by atoms with Gasteiger partial charge in [-0.1, -0.05) is 12.1 Å². The smallest absolute Gasteiger partial charge is 0.265 e. The predicted molar refractivity (Wildman–Crippen MR) is 129 cm³/mol. The van der Waals surface area contributed by atoms with E-state index < -0.39 is 16.1 Å². The predicted octanol–water partition coefficient (Wildman–Crippen LogP) is 4.91. The van der Waals surface area contributed by atoms with Gasteiger partial charge >= 0.3 is 0 Å². The van der Waals surface area contributed by atoms with Crippen molar-refractivity contribution in [3.05, 3.63) is 77.9 Å². The largest absolute Gasteiger partial charge is 0.494 e. The molecule has 0 spiro atoms. The van der Waals surface area contributed by atoms with Crippen LogP contribution in [-0.2, 0) is 14.8 Å². The number of carbonyl (C=O) groups is 1. The Hall–Kier alpha value is -3.52. The molecule has 8 heteroatoms. The Bertz CT molecular complexity index is 1210. The summed E-state index contributed by atoms with van der Waals surface area (Å²) < 4.78 is 39.0. The van der Waals surface area contributed by atoms with Crippen molar-refractivity contribution in [1.82, 2.24) is 0 Å². The molecule has 2 N–H and O–H groups in total. The molecule has 0 aliphatic rings. The van der Waals surface area contributed by atoms with Crippen LogP contribution in [0, 0.1) is 13.8 Å². The molecule has 0 aliphatic carbocycles. The molecule has 0 fully saturated rings. The van der Waals surface area contributed by atoms with Gasteiger partial charge in [0, 0.05) is 11.4 Å². The Labute approximate surface area is 194 Å². The lowest BCUT2D eigenvalue weighted by Gasteiger charge is -2.17.